The first-order valence-corrected chi connectivity index (χ1v) is 9.82. The van der Waals surface area contributed by atoms with E-state index in [1.54, 1.807) is 12.3 Å². The van der Waals surface area contributed by atoms with E-state index in [2.05, 4.69) is 34.2 Å². The standard InChI is InChI=1S/C17H18N4O2S/c1-24(22,23)5-4-21-15-2-3-16(21)8-17(7-15,12-19)14-6-13(9-18)10-20-11-14/h2-3,6,10-11,15-16H,4-5,7-8H2,1H3/t15-,16+,17-. The molecule has 2 aliphatic rings. The molecule has 0 aliphatic carbocycles. The van der Waals surface area contributed by atoms with Crippen LogP contribution in [0, 0.1) is 22.7 Å². The van der Waals surface area contributed by atoms with Crippen molar-refractivity contribution in [1.82, 2.24) is 9.88 Å². The Kier molecular flexibility index (Phi) is 4.16. The molecule has 2 aliphatic heterocycles. The first kappa shape index (κ1) is 16.6. The number of sulfone groups is 1. The summed E-state index contributed by atoms with van der Waals surface area (Å²) in [7, 11) is -3.02. The lowest BCUT2D eigenvalue weighted by Crippen LogP contribution is -2.51. The van der Waals surface area contributed by atoms with E-state index in [0.717, 1.165) is 5.56 Å². The fourth-order valence-corrected chi connectivity index (χ4v) is 4.19. The molecule has 6 nitrogen and oxygen atoms in total. The van der Waals surface area contributed by atoms with Crippen LogP contribution in [0.3, 0.4) is 0 Å². The van der Waals surface area contributed by atoms with Crippen molar-refractivity contribution in [2.75, 3.05) is 18.6 Å². The minimum atomic E-state index is -3.02. The second kappa shape index (κ2) is 6.01. The predicted octanol–water partition coefficient (Wildman–Crippen LogP) is 1.16. The van der Waals surface area contributed by atoms with E-state index in [1.807, 2.05) is 0 Å². The van der Waals surface area contributed by atoms with Gasteiger partial charge in [0.15, 0.2) is 0 Å². The summed E-state index contributed by atoms with van der Waals surface area (Å²) in [5.41, 5.74) is 0.521. The summed E-state index contributed by atoms with van der Waals surface area (Å²) < 4.78 is 22.9. The zero-order valence-electron chi connectivity index (χ0n) is 13.4. The molecule has 1 aromatic heterocycles. The topological polar surface area (TPSA) is 97.8 Å². The van der Waals surface area contributed by atoms with Crippen LogP contribution < -0.4 is 0 Å². The molecule has 1 aromatic rings. The van der Waals surface area contributed by atoms with Gasteiger partial charge in [-0.05, 0) is 24.5 Å². The van der Waals surface area contributed by atoms with Crippen LogP contribution in [0.15, 0.2) is 30.6 Å². The number of piperidine rings is 1. The highest BCUT2D eigenvalue weighted by Crippen LogP contribution is 2.44. The van der Waals surface area contributed by atoms with Gasteiger partial charge < -0.3 is 0 Å². The third kappa shape index (κ3) is 3.06. The fraction of sp³-hybridized carbons (Fsp3) is 0.471. The Bertz CT molecular complexity index is 847. The first-order valence-electron chi connectivity index (χ1n) is 7.75. The second-order valence-corrected chi connectivity index (χ2v) is 8.82. The first-order chi connectivity index (χ1) is 11.4. The Balaban J connectivity index is 1.85. The minimum absolute atomic E-state index is 0.0379. The summed E-state index contributed by atoms with van der Waals surface area (Å²) in [6, 6.07) is 6.32. The summed E-state index contributed by atoms with van der Waals surface area (Å²) in [5.74, 6) is 0.118. The number of nitriles is 2. The molecule has 124 valence electrons. The predicted molar refractivity (Wildman–Crippen MR) is 88.6 cm³/mol. The quantitative estimate of drug-likeness (QED) is 0.762. The van der Waals surface area contributed by atoms with Gasteiger partial charge in [0.25, 0.3) is 0 Å². The van der Waals surface area contributed by atoms with Crippen molar-refractivity contribution in [2.24, 2.45) is 0 Å². The number of hydrogen-bond donors (Lipinski definition) is 0. The molecule has 0 saturated carbocycles. The molecule has 0 N–H and O–H groups in total. The zero-order chi connectivity index (χ0) is 17.4. The lowest BCUT2D eigenvalue weighted by molar-refractivity contribution is 0.126. The smallest absolute Gasteiger partial charge is 0.148 e. The number of pyridine rings is 1. The number of hydrogen-bond acceptors (Lipinski definition) is 6. The van der Waals surface area contributed by atoms with Gasteiger partial charge in [-0.1, -0.05) is 12.2 Å². The van der Waals surface area contributed by atoms with Crippen LogP contribution >= 0.6 is 0 Å². The van der Waals surface area contributed by atoms with Crippen molar-refractivity contribution >= 4 is 9.84 Å². The maximum Gasteiger partial charge on any atom is 0.148 e. The normalized spacial score (nSPS) is 29.1. The highest BCUT2D eigenvalue weighted by Gasteiger charge is 2.47. The summed E-state index contributed by atoms with van der Waals surface area (Å²) in [6.45, 7) is 0.471. The average molecular weight is 342 g/mol. The van der Waals surface area contributed by atoms with E-state index in [4.69, 9.17) is 5.26 Å². The van der Waals surface area contributed by atoms with Gasteiger partial charge in [0.2, 0.25) is 0 Å². The minimum Gasteiger partial charge on any atom is -0.289 e. The van der Waals surface area contributed by atoms with Crippen molar-refractivity contribution in [3.8, 4) is 12.1 Å². The molecule has 1 fully saturated rings. The molecule has 0 amide bonds. The number of nitrogens with zero attached hydrogens (tertiary/aromatic N) is 4. The van der Waals surface area contributed by atoms with Crippen molar-refractivity contribution < 1.29 is 8.42 Å². The summed E-state index contributed by atoms with van der Waals surface area (Å²) >= 11 is 0. The highest BCUT2D eigenvalue weighted by atomic mass is 32.2. The maximum atomic E-state index is 11.4. The summed E-state index contributed by atoms with van der Waals surface area (Å²) in [5, 5.41) is 18.9. The molecular formula is C17H18N4O2S. The van der Waals surface area contributed by atoms with Gasteiger partial charge in [-0.15, -0.1) is 0 Å². The lowest BCUT2D eigenvalue weighted by Gasteiger charge is -2.43. The Hall–Kier alpha value is -2.22. The molecule has 7 heteroatoms. The Morgan fingerprint density at radius 2 is 1.96 bits per heavy atom. The van der Waals surface area contributed by atoms with Crippen molar-refractivity contribution in [3.05, 3.63) is 41.7 Å². The number of rotatable bonds is 4. The van der Waals surface area contributed by atoms with Crippen LogP contribution in [0.4, 0.5) is 0 Å². The zero-order valence-corrected chi connectivity index (χ0v) is 14.2. The fourth-order valence-electron chi connectivity index (χ4n) is 3.65. The Morgan fingerprint density at radius 1 is 1.29 bits per heavy atom. The van der Waals surface area contributed by atoms with Crippen LogP contribution in [-0.2, 0) is 15.3 Å². The third-order valence-electron chi connectivity index (χ3n) is 4.88. The van der Waals surface area contributed by atoms with Crippen LogP contribution in [-0.4, -0.2) is 48.9 Å². The third-order valence-corrected chi connectivity index (χ3v) is 5.80. The molecule has 3 rings (SSSR count). The van der Waals surface area contributed by atoms with Gasteiger partial charge in [0, 0.05) is 37.3 Å². The molecule has 24 heavy (non-hydrogen) atoms. The second-order valence-electron chi connectivity index (χ2n) is 6.56. The SMILES string of the molecule is CS(=O)(=O)CCN1[C@@H]2C=C[C@H]1C[C@](C#N)(c1cncc(C#N)c1)C2. The van der Waals surface area contributed by atoms with Gasteiger partial charge in [-0.2, -0.15) is 10.5 Å². The molecule has 0 radical (unpaired) electrons. The van der Waals surface area contributed by atoms with E-state index >= 15 is 0 Å². The molecule has 2 bridgehead atoms. The van der Waals surface area contributed by atoms with Gasteiger partial charge in [0.05, 0.1) is 22.8 Å². The van der Waals surface area contributed by atoms with Crippen molar-refractivity contribution in [2.45, 2.75) is 30.3 Å². The van der Waals surface area contributed by atoms with Crippen LogP contribution in [0.1, 0.15) is 24.0 Å². The van der Waals surface area contributed by atoms with E-state index in [-0.39, 0.29) is 17.8 Å². The molecule has 3 atom stereocenters. The van der Waals surface area contributed by atoms with Crippen LogP contribution in [0.5, 0.6) is 0 Å². The summed E-state index contributed by atoms with van der Waals surface area (Å²) in [6.07, 6.45) is 9.68. The van der Waals surface area contributed by atoms with E-state index in [1.165, 1.54) is 12.5 Å². The Morgan fingerprint density at radius 3 is 2.50 bits per heavy atom. The van der Waals surface area contributed by atoms with Gasteiger partial charge in [-0.3, -0.25) is 9.88 Å². The number of fused-ring (bicyclic) bond motifs is 2. The molecule has 1 saturated heterocycles. The van der Waals surface area contributed by atoms with Crippen molar-refractivity contribution in [3.63, 3.8) is 0 Å². The Labute approximate surface area is 141 Å². The van der Waals surface area contributed by atoms with Gasteiger partial charge in [-0.25, -0.2) is 8.42 Å². The van der Waals surface area contributed by atoms with E-state index in [0.29, 0.717) is 24.9 Å². The van der Waals surface area contributed by atoms with E-state index < -0.39 is 15.3 Å². The molecule has 3 heterocycles. The van der Waals surface area contributed by atoms with Crippen molar-refractivity contribution in [1.29, 1.82) is 10.5 Å². The van der Waals surface area contributed by atoms with E-state index in [9.17, 15) is 13.7 Å². The average Bonchev–Trinajstić information content (AvgIpc) is 2.81. The molecule has 0 unspecified atom stereocenters. The molecule has 0 spiro atoms. The monoisotopic (exact) mass is 342 g/mol. The largest absolute Gasteiger partial charge is 0.289 e. The van der Waals surface area contributed by atoms with Crippen LogP contribution in [0.25, 0.3) is 0 Å². The molecule has 0 aromatic carbocycles. The highest BCUT2D eigenvalue weighted by molar-refractivity contribution is 7.90. The van der Waals surface area contributed by atoms with Crippen LogP contribution in [0.2, 0.25) is 0 Å². The lowest BCUT2D eigenvalue weighted by atomic mass is 9.71. The number of aromatic nitrogens is 1. The van der Waals surface area contributed by atoms with Gasteiger partial charge in [0.1, 0.15) is 15.9 Å². The maximum absolute atomic E-state index is 11.4. The summed E-state index contributed by atoms with van der Waals surface area (Å²) in [4.78, 5) is 6.25. The van der Waals surface area contributed by atoms with Gasteiger partial charge >= 0.3 is 0 Å². The molecular weight excluding hydrogens is 324 g/mol.